The molecule has 0 aromatic heterocycles. The highest BCUT2D eigenvalue weighted by Gasteiger charge is 2.41. The molecule has 3 amide bonds. The fourth-order valence-electron chi connectivity index (χ4n) is 2.97. The van der Waals surface area contributed by atoms with Crippen LogP contribution in [0.5, 0.6) is 0 Å². The molecule has 11 nitrogen and oxygen atoms in total. The number of nitro benzene ring substituents is 1. The smallest absolute Gasteiger partial charge is 0.326 e. The third-order valence-corrected chi connectivity index (χ3v) is 4.49. The van der Waals surface area contributed by atoms with E-state index in [1.54, 1.807) is 24.3 Å². The second kappa shape index (κ2) is 8.61. The van der Waals surface area contributed by atoms with Crippen LogP contribution in [0.2, 0.25) is 0 Å². The summed E-state index contributed by atoms with van der Waals surface area (Å²) >= 11 is 0. The number of carbonyl (C=O) groups is 4. The van der Waals surface area contributed by atoms with Gasteiger partial charge < -0.3 is 15.0 Å². The lowest BCUT2D eigenvalue weighted by Crippen LogP contribution is -2.36. The van der Waals surface area contributed by atoms with Crippen LogP contribution in [0.3, 0.4) is 0 Å². The molecule has 1 aliphatic rings. The molecule has 1 aliphatic heterocycles. The highest BCUT2D eigenvalue weighted by Crippen LogP contribution is 2.30. The van der Waals surface area contributed by atoms with E-state index in [2.05, 4.69) is 5.32 Å². The number of benzene rings is 2. The van der Waals surface area contributed by atoms with E-state index in [0.29, 0.717) is 10.6 Å². The molecule has 0 saturated carbocycles. The molecular formula is C20H18N4O7. The minimum Gasteiger partial charge on any atom is -0.454 e. The van der Waals surface area contributed by atoms with E-state index in [0.717, 1.165) is 11.8 Å². The second-order valence-corrected chi connectivity index (χ2v) is 6.80. The molecule has 0 saturated heterocycles. The van der Waals surface area contributed by atoms with Gasteiger partial charge in [-0.05, 0) is 30.3 Å². The number of nitrogens with zero attached hydrogens (tertiary/aromatic N) is 3. The van der Waals surface area contributed by atoms with Crippen LogP contribution in [0.25, 0.3) is 0 Å². The average Bonchev–Trinajstić information content (AvgIpc) is 2.97. The van der Waals surface area contributed by atoms with Crippen LogP contribution >= 0.6 is 0 Å². The lowest BCUT2D eigenvalue weighted by molar-refractivity contribution is -0.385. The monoisotopic (exact) mass is 426 g/mol. The van der Waals surface area contributed by atoms with Gasteiger partial charge in [0, 0.05) is 31.5 Å². The number of rotatable bonds is 7. The summed E-state index contributed by atoms with van der Waals surface area (Å²) in [6.45, 7) is -1.40. The average molecular weight is 426 g/mol. The summed E-state index contributed by atoms with van der Waals surface area (Å²) in [5, 5.41) is 13.7. The number of nitro groups is 1. The van der Waals surface area contributed by atoms with Crippen molar-refractivity contribution in [1.82, 2.24) is 4.90 Å². The Labute approximate surface area is 176 Å². The molecule has 0 fully saturated rings. The zero-order chi connectivity index (χ0) is 22.7. The summed E-state index contributed by atoms with van der Waals surface area (Å²) in [7, 11) is 3.75. The Hall–Kier alpha value is -4.28. The fraction of sp³-hybridized carbons (Fsp3) is 0.200. The van der Waals surface area contributed by atoms with Crippen LogP contribution in [0, 0.1) is 10.1 Å². The minimum atomic E-state index is -1.00. The van der Waals surface area contributed by atoms with Crippen LogP contribution in [0.1, 0.15) is 20.7 Å². The fourth-order valence-corrected chi connectivity index (χ4v) is 2.97. The first-order chi connectivity index (χ1) is 14.7. The number of amides is 3. The molecule has 0 spiro atoms. The van der Waals surface area contributed by atoms with E-state index < -0.39 is 47.5 Å². The van der Waals surface area contributed by atoms with Gasteiger partial charge in [-0.25, -0.2) is 0 Å². The first kappa shape index (κ1) is 21.4. The number of carbonyl (C=O) groups excluding carboxylic acids is 4. The molecular weight excluding hydrogens is 408 g/mol. The molecule has 0 bridgehead atoms. The van der Waals surface area contributed by atoms with Gasteiger partial charge in [-0.1, -0.05) is 6.07 Å². The number of nitrogens with one attached hydrogen (secondary N) is 1. The van der Waals surface area contributed by atoms with E-state index in [4.69, 9.17) is 4.74 Å². The van der Waals surface area contributed by atoms with Crippen LogP contribution < -0.4 is 10.2 Å². The number of hydrogen-bond acceptors (Lipinski definition) is 8. The van der Waals surface area contributed by atoms with Gasteiger partial charge in [0.25, 0.3) is 23.4 Å². The van der Waals surface area contributed by atoms with Crippen molar-refractivity contribution >= 4 is 40.8 Å². The normalized spacial score (nSPS) is 12.4. The Bertz CT molecular complexity index is 1080. The summed E-state index contributed by atoms with van der Waals surface area (Å²) < 4.78 is 4.83. The Balaban J connectivity index is 1.57. The van der Waals surface area contributed by atoms with Gasteiger partial charge >= 0.3 is 5.97 Å². The Morgan fingerprint density at radius 3 is 2.39 bits per heavy atom. The summed E-state index contributed by atoms with van der Waals surface area (Å²) in [6, 6.07) is 10.6. The summed E-state index contributed by atoms with van der Waals surface area (Å²) in [5.41, 5.74) is 0.381. The molecule has 1 N–H and O–H groups in total. The van der Waals surface area contributed by atoms with Crippen molar-refractivity contribution in [2.75, 3.05) is 37.5 Å². The summed E-state index contributed by atoms with van der Waals surface area (Å²) in [4.78, 5) is 61.6. The van der Waals surface area contributed by atoms with Gasteiger partial charge in [-0.2, -0.15) is 0 Å². The highest BCUT2D eigenvalue weighted by molar-refractivity contribution is 6.24. The summed E-state index contributed by atoms with van der Waals surface area (Å²) in [5.74, 6) is -3.42. The molecule has 3 rings (SSSR count). The predicted octanol–water partition coefficient (Wildman–Crippen LogP) is 1.44. The van der Waals surface area contributed by atoms with Gasteiger partial charge in [0.15, 0.2) is 6.61 Å². The standard InChI is InChI=1S/C20H18N4O7/c1-22(2)13-8-6-12(7-9-13)21-16(25)11-31-17(26)10-23-19(27)14-4-3-5-15(24(29)30)18(14)20(23)28/h3-9H,10-11H2,1-2H3,(H,21,25). The molecule has 0 radical (unpaired) electrons. The quantitative estimate of drug-likeness (QED) is 0.304. The zero-order valence-corrected chi connectivity index (χ0v) is 16.7. The molecule has 160 valence electrons. The number of imide groups is 1. The maximum Gasteiger partial charge on any atom is 0.326 e. The molecule has 31 heavy (non-hydrogen) atoms. The van der Waals surface area contributed by atoms with Crippen molar-refractivity contribution in [2.24, 2.45) is 0 Å². The maximum absolute atomic E-state index is 12.4. The first-order valence-corrected chi connectivity index (χ1v) is 9.05. The number of anilines is 2. The number of fused-ring (bicyclic) bond motifs is 1. The number of esters is 1. The third-order valence-electron chi connectivity index (χ3n) is 4.49. The van der Waals surface area contributed by atoms with Gasteiger partial charge in [0.2, 0.25) is 0 Å². The summed E-state index contributed by atoms with van der Waals surface area (Å²) in [6.07, 6.45) is 0. The van der Waals surface area contributed by atoms with Crippen LogP contribution in [0.15, 0.2) is 42.5 Å². The lowest BCUT2D eigenvalue weighted by Gasteiger charge is -2.14. The predicted molar refractivity (Wildman–Crippen MR) is 109 cm³/mol. The molecule has 0 aliphatic carbocycles. The van der Waals surface area contributed by atoms with E-state index in [1.807, 2.05) is 19.0 Å². The zero-order valence-electron chi connectivity index (χ0n) is 16.7. The molecule has 1 heterocycles. The first-order valence-electron chi connectivity index (χ1n) is 9.05. The van der Waals surface area contributed by atoms with Crippen LogP contribution in [-0.2, 0) is 14.3 Å². The number of ether oxygens (including phenoxy) is 1. The molecule has 2 aromatic carbocycles. The Morgan fingerprint density at radius 1 is 1.10 bits per heavy atom. The largest absolute Gasteiger partial charge is 0.454 e. The highest BCUT2D eigenvalue weighted by atomic mass is 16.6. The van der Waals surface area contributed by atoms with Gasteiger partial charge in [0.05, 0.1) is 10.5 Å². The maximum atomic E-state index is 12.4. The van der Waals surface area contributed by atoms with Gasteiger partial charge in [-0.15, -0.1) is 0 Å². The van der Waals surface area contributed by atoms with Crippen LogP contribution in [-0.4, -0.2) is 60.8 Å². The van der Waals surface area contributed by atoms with Crippen LogP contribution in [0.4, 0.5) is 17.1 Å². The SMILES string of the molecule is CN(C)c1ccc(NC(=O)COC(=O)CN2C(=O)c3cccc([N+](=O)[O-])c3C2=O)cc1. The van der Waals surface area contributed by atoms with E-state index in [1.165, 1.54) is 12.1 Å². The van der Waals surface area contributed by atoms with Crippen molar-refractivity contribution in [3.8, 4) is 0 Å². The minimum absolute atomic E-state index is 0.161. The van der Waals surface area contributed by atoms with Crippen molar-refractivity contribution in [3.05, 3.63) is 63.7 Å². The molecule has 0 unspecified atom stereocenters. The van der Waals surface area contributed by atoms with Crippen molar-refractivity contribution < 1.29 is 28.8 Å². The Morgan fingerprint density at radius 2 is 1.77 bits per heavy atom. The second-order valence-electron chi connectivity index (χ2n) is 6.80. The van der Waals surface area contributed by atoms with Gasteiger partial charge in [-0.3, -0.25) is 34.2 Å². The van der Waals surface area contributed by atoms with Crippen molar-refractivity contribution in [3.63, 3.8) is 0 Å². The third kappa shape index (κ3) is 4.50. The number of hydrogen-bond donors (Lipinski definition) is 1. The van der Waals surface area contributed by atoms with E-state index in [9.17, 15) is 29.3 Å². The van der Waals surface area contributed by atoms with E-state index >= 15 is 0 Å². The molecule has 0 atom stereocenters. The van der Waals surface area contributed by atoms with Crippen molar-refractivity contribution in [1.29, 1.82) is 0 Å². The van der Waals surface area contributed by atoms with Crippen molar-refractivity contribution in [2.45, 2.75) is 0 Å². The van der Waals surface area contributed by atoms with E-state index in [-0.39, 0.29) is 11.1 Å². The Kier molecular flexibility index (Phi) is 5.95. The van der Waals surface area contributed by atoms with Gasteiger partial charge in [0.1, 0.15) is 12.1 Å². The lowest BCUT2D eigenvalue weighted by atomic mass is 10.1. The topological polar surface area (TPSA) is 139 Å². The molecule has 11 heteroatoms. The molecule has 2 aromatic rings.